The van der Waals surface area contributed by atoms with Crippen molar-refractivity contribution in [2.75, 3.05) is 6.54 Å². The van der Waals surface area contributed by atoms with E-state index in [0.29, 0.717) is 0 Å². The van der Waals surface area contributed by atoms with Gasteiger partial charge in [0.05, 0.1) is 12.1 Å². The molecular weight excluding hydrogens is 240 g/mol. The molecule has 1 atom stereocenters. The highest BCUT2D eigenvalue weighted by molar-refractivity contribution is 9.10. The van der Waals surface area contributed by atoms with E-state index in [9.17, 15) is 0 Å². The zero-order valence-electron chi connectivity index (χ0n) is 7.78. The smallest absolute Gasteiger partial charge is 0.0993 e. The van der Waals surface area contributed by atoms with Crippen LogP contribution in [0.1, 0.15) is 12.0 Å². The fraction of sp³-hybridized carbons (Fsp3) is 0.364. The molecule has 1 heterocycles. The molecule has 1 aromatic rings. The molecule has 0 N–H and O–H groups in total. The maximum absolute atomic E-state index is 8.79. The SMILES string of the molecule is N#C[C@@H]1CCN1Cc1cccc(Br)c1. The van der Waals surface area contributed by atoms with Gasteiger partial charge in [-0.1, -0.05) is 28.1 Å². The molecule has 1 aliphatic heterocycles. The lowest BCUT2D eigenvalue weighted by Gasteiger charge is -2.36. The summed E-state index contributed by atoms with van der Waals surface area (Å²) in [5.41, 5.74) is 1.26. The average Bonchev–Trinajstić information content (AvgIpc) is 2.14. The van der Waals surface area contributed by atoms with Gasteiger partial charge in [-0.15, -0.1) is 0 Å². The van der Waals surface area contributed by atoms with Gasteiger partial charge in [0, 0.05) is 17.6 Å². The third-order valence-corrected chi connectivity index (χ3v) is 3.05. The van der Waals surface area contributed by atoms with E-state index in [4.69, 9.17) is 5.26 Å². The molecule has 72 valence electrons. The Morgan fingerprint density at radius 3 is 3.00 bits per heavy atom. The van der Waals surface area contributed by atoms with Crippen LogP contribution in [0.15, 0.2) is 28.7 Å². The van der Waals surface area contributed by atoms with Crippen LogP contribution < -0.4 is 0 Å². The van der Waals surface area contributed by atoms with Crippen LogP contribution in [0.5, 0.6) is 0 Å². The molecule has 0 radical (unpaired) electrons. The molecule has 1 aliphatic rings. The van der Waals surface area contributed by atoms with Gasteiger partial charge in [-0.3, -0.25) is 4.90 Å². The van der Waals surface area contributed by atoms with Crippen LogP contribution in [0.4, 0.5) is 0 Å². The Hall–Kier alpha value is -0.850. The lowest BCUT2D eigenvalue weighted by molar-refractivity contribution is 0.122. The Bertz CT molecular complexity index is 370. The van der Waals surface area contributed by atoms with Crippen LogP contribution in [0.2, 0.25) is 0 Å². The van der Waals surface area contributed by atoms with Crippen LogP contribution in [0.25, 0.3) is 0 Å². The molecular formula is C11H11BrN2. The van der Waals surface area contributed by atoms with Gasteiger partial charge in [0.2, 0.25) is 0 Å². The quantitative estimate of drug-likeness (QED) is 0.807. The fourth-order valence-electron chi connectivity index (χ4n) is 1.65. The van der Waals surface area contributed by atoms with Crippen LogP contribution in [0, 0.1) is 11.3 Å². The average molecular weight is 251 g/mol. The first-order chi connectivity index (χ1) is 6.79. The molecule has 0 bridgehead atoms. The second kappa shape index (κ2) is 4.12. The van der Waals surface area contributed by atoms with Crippen LogP contribution in [-0.2, 0) is 6.54 Å². The lowest BCUT2D eigenvalue weighted by Crippen LogP contribution is -2.45. The van der Waals surface area contributed by atoms with Gasteiger partial charge in [0.25, 0.3) is 0 Å². The zero-order chi connectivity index (χ0) is 9.97. The number of hydrogen-bond acceptors (Lipinski definition) is 2. The monoisotopic (exact) mass is 250 g/mol. The molecule has 1 saturated heterocycles. The van der Waals surface area contributed by atoms with E-state index in [1.807, 2.05) is 12.1 Å². The van der Waals surface area contributed by atoms with Crippen molar-refractivity contribution >= 4 is 15.9 Å². The van der Waals surface area contributed by atoms with Gasteiger partial charge in [-0.05, 0) is 24.1 Å². The summed E-state index contributed by atoms with van der Waals surface area (Å²) in [5.74, 6) is 0. The van der Waals surface area contributed by atoms with Crippen molar-refractivity contribution in [2.45, 2.75) is 19.0 Å². The number of nitrogens with zero attached hydrogens (tertiary/aromatic N) is 2. The molecule has 0 unspecified atom stereocenters. The van der Waals surface area contributed by atoms with Crippen molar-refractivity contribution in [3.8, 4) is 6.07 Å². The summed E-state index contributed by atoms with van der Waals surface area (Å²) in [4.78, 5) is 2.20. The zero-order valence-corrected chi connectivity index (χ0v) is 9.37. The molecule has 0 amide bonds. The van der Waals surface area contributed by atoms with E-state index in [2.05, 4.69) is 39.0 Å². The van der Waals surface area contributed by atoms with E-state index in [1.165, 1.54) is 5.56 Å². The van der Waals surface area contributed by atoms with Gasteiger partial charge < -0.3 is 0 Å². The summed E-state index contributed by atoms with van der Waals surface area (Å²) in [6.45, 7) is 1.93. The van der Waals surface area contributed by atoms with Crippen molar-refractivity contribution in [1.82, 2.24) is 4.90 Å². The molecule has 14 heavy (non-hydrogen) atoms. The van der Waals surface area contributed by atoms with Crippen molar-refractivity contribution in [3.63, 3.8) is 0 Å². The molecule has 1 aromatic carbocycles. The first-order valence-corrected chi connectivity index (χ1v) is 5.47. The van der Waals surface area contributed by atoms with Crippen LogP contribution >= 0.6 is 15.9 Å². The highest BCUT2D eigenvalue weighted by Gasteiger charge is 2.27. The predicted molar refractivity (Wildman–Crippen MR) is 58.6 cm³/mol. The number of hydrogen-bond donors (Lipinski definition) is 0. The largest absolute Gasteiger partial charge is 0.284 e. The Labute approximate surface area is 92.3 Å². The number of rotatable bonds is 2. The van der Waals surface area contributed by atoms with Gasteiger partial charge in [0.15, 0.2) is 0 Å². The lowest BCUT2D eigenvalue weighted by atomic mass is 10.0. The molecule has 3 heteroatoms. The summed E-state index contributed by atoms with van der Waals surface area (Å²) < 4.78 is 1.10. The number of benzene rings is 1. The maximum Gasteiger partial charge on any atom is 0.0993 e. The van der Waals surface area contributed by atoms with Crippen molar-refractivity contribution in [3.05, 3.63) is 34.3 Å². The van der Waals surface area contributed by atoms with E-state index < -0.39 is 0 Å². The van der Waals surface area contributed by atoms with Crippen molar-refractivity contribution in [1.29, 1.82) is 5.26 Å². The van der Waals surface area contributed by atoms with Crippen molar-refractivity contribution in [2.24, 2.45) is 0 Å². The maximum atomic E-state index is 8.79. The Morgan fingerprint density at radius 1 is 1.57 bits per heavy atom. The Balaban J connectivity index is 2.01. The molecule has 0 saturated carbocycles. The normalized spacial score (nSPS) is 21.3. The minimum Gasteiger partial charge on any atom is -0.284 e. The van der Waals surface area contributed by atoms with E-state index in [1.54, 1.807) is 0 Å². The summed E-state index contributed by atoms with van der Waals surface area (Å²) in [5, 5.41) is 8.79. The summed E-state index contributed by atoms with van der Waals surface area (Å²) in [6.07, 6.45) is 1.02. The molecule has 0 aliphatic carbocycles. The summed E-state index contributed by atoms with van der Waals surface area (Å²) in [6, 6.07) is 10.7. The van der Waals surface area contributed by atoms with Crippen LogP contribution in [0.3, 0.4) is 0 Å². The molecule has 1 fully saturated rings. The summed E-state index contributed by atoms with van der Waals surface area (Å²) in [7, 11) is 0. The molecule has 2 nitrogen and oxygen atoms in total. The van der Waals surface area contributed by atoms with Gasteiger partial charge in [-0.2, -0.15) is 5.26 Å². The Kier molecular flexibility index (Phi) is 2.85. The van der Waals surface area contributed by atoms with E-state index >= 15 is 0 Å². The predicted octanol–water partition coefficient (Wildman–Crippen LogP) is 2.55. The minimum absolute atomic E-state index is 0.133. The highest BCUT2D eigenvalue weighted by atomic mass is 79.9. The van der Waals surface area contributed by atoms with E-state index in [-0.39, 0.29) is 6.04 Å². The molecule has 2 rings (SSSR count). The number of nitriles is 1. The first kappa shape index (κ1) is 9.70. The van der Waals surface area contributed by atoms with E-state index in [0.717, 1.165) is 24.0 Å². The van der Waals surface area contributed by atoms with Gasteiger partial charge >= 0.3 is 0 Å². The highest BCUT2D eigenvalue weighted by Crippen LogP contribution is 2.21. The third-order valence-electron chi connectivity index (χ3n) is 2.55. The fourth-order valence-corrected chi connectivity index (χ4v) is 2.09. The second-order valence-corrected chi connectivity index (χ2v) is 4.45. The molecule has 0 aromatic heterocycles. The number of likely N-dealkylation sites (tertiary alicyclic amines) is 1. The minimum atomic E-state index is 0.133. The van der Waals surface area contributed by atoms with Gasteiger partial charge in [0.1, 0.15) is 0 Å². The standard InChI is InChI=1S/C11H11BrN2/c12-10-3-1-2-9(6-10)8-14-5-4-11(14)7-13/h1-3,6,11H,4-5,8H2/t11-/m0/s1. The second-order valence-electron chi connectivity index (χ2n) is 3.53. The van der Waals surface area contributed by atoms with Gasteiger partial charge in [-0.25, -0.2) is 0 Å². The van der Waals surface area contributed by atoms with Crippen LogP contribution in [-0.4, -0.2) is 17.5 Å². The van der Waals surface area contributed by atoms with Crippen molar-refractivity contribution < 1.29 is 0 Å². The topological polar surface area (TPSA) is 27.0 Å². The summed E-state index contributed by atoms with van der Waals surface area (Å²) >= 11 is 3.44. The third kappa shape index (κ3) is 1.97. The number of halogens is 1. The Morgan fingerprint density at radius 2 is 2.43 bits per heavy atom. The molecule has 0 spiro atoms. The first-order valence-electron chi connectivity index (χ1n) is 4.68.